The van der Waals surface area contributed by atoms with Gasteiger partial charge < -0.3 is 10.4 Å². The molecule has 2 rings (SSSR count). The second-order valence-electron chi connectivity index (χ2n) is 4.35. The second kappa shape index (κ2) is 4.96. The van der Waals surface area contributed by atoms with Crippen LogP contribution in [0.25, 0.3) is 0 Å². The van der Waals surface area contributed by atoms with E-state index in [2.05, 4.69) is 5.32 Å². The summed E-state index contributed by atoms with van der Waals surface area (Å²) in [6, 6.07) is 0.947. The van der Waals surface area contributed by atoms with Gasteiger partial charge in [0, 0.05) is 11.6 Å². The van der Waals surface area contributed by atoms with Gasteiger partial charge in [0.2, 0.25) is 5.82 Å². The van der Waals surface area contributed by atoms with Crippen LogP contribution in [0.1, 0.15) is 24.8 Å². The first kappa shape index (κ1) is 12.2. The maximum atomic E-state index is 13.1. The van der Waals surface area contributed by atoms with E-state index >= 15 is 0 Å². The Morgan fingerprint density at radius 3 is 2.65 bits per heavy atom. The third-order valence-electron chi connectivity index (χ3n) is 3.09. The smallest absolute Gasteiger partial charge is 0.203 e. The first-order chi connectivity index (χ1) is 8.09. The SMILES string of the molecule is Oc1c(CC2CCCCN2)cc(F)c(F)c1F. The van der Waals surface area contributed by atoms with Gasteiger partial charge in [0.05, 0.1) is 0 Å². The molecule has 0 spiro atoms. The van der Waals surface area contributed by atoms with E-state index in [1.807, 2.05) is 0 Å². The molecule has 1 unspecified atom stereocenters. The van der Waals surface area contributed by atoms with Gasteiger partial charge in [-0.3, -0.25) is 0 Å². The zero-order valence-electron chi connectivity index (χ0n) is 9.27. The highest BCUT2D eigenvalue weighted by atomic mass is 19.2. The summed E-state index contributed by atoms with van der Waals surface area (Å²) >= 11 is 0. The molecule has 0 saturated carbocycles. The second-order valence-corrected chi connectivity index (χ2v) is 4.35. The van der Waals surface area contributed by atoms with Crippen molar-refractivity contribution in [1.29, 1.82) is 0 Å². The fraction of sp³-hybridized carbons (Fsp3) is 0.500. The van der Waals surface area contributed by atoms with Crippen molar-refractivity contribution in [2.24, 2.45) is 0 Å². The molecule has 1 atom stereocenters. The minimum Gasteiger partial charge on any atom is -0.505 e. The number of halogens is 3. The molecule has 5 heteroatoms. The molecule has 17 heavy (non-hydrogen) atoms. The summed E-state index contributed by atoms with van der Waals surface area (Å²) in [5.41, 5.74) is 0.112. The van der Waals surface area contributed by atoms with Crippen LogP contribution in [0.15, 0.2) is 6.07 Å². The topological polar surface area (TPSA) is 32.3 Å². The summed E-state index contributed by atoms with van der Waals surface area (Å²) in [6.45, 7) is 0.859. The van der Waals surface area contributed by atoms with E-state index in [1.54, 1.807) is 0 Å². The van der Waals surface area contributed by atoms with Gasteiger partial charge in [0.25, 0.3) is 0 Å². The first-order valence-corrected chi connectivity index (χ1v) is 5.68. The Morgan fingerprint density at radius 2 is 2.00 bits per heavy atom. The Morgan fingerprint density at radius 1 is 1.24 bits per heavy atom. The number of hydrogen-bond acceptors (Lipinski definition) is 2. The van der Waals surface area contributed by atoms with Gasteiger partial charge in [-0.05, 0) is 31.9 Å². The van der Waals surface area contributed by atoms with Gasteiger partial charge in [0.1, 0.15) is 0 Å². The Bertz CT molecular complexity index is 417. The van der Waals surface area contributed by atoms with E-state index in [4.69, 9.17) is 0 Å². The van der Waals surface area contributed by atoms with Crippen molar-refractivity contribution in [3.8, 4) is 5.75 Å². The number of benzene rings is 1. The molecule has 0 aromatic heterocycles. The average molecular weight is 245 g/mol. The zero-order chi connectivity index (χ0) is 12.4. The lowest BCUT2D eigenvalue weighted by Gasteiger charge is -2.23. The molecule has 2 N–H and O–H groups in total. The van der Waals surface area contributed by atoms with Crippen molar-refractivity contribution in [3.05, 3.63) is 29.1 Å². The van der Waals surface area contributed by atoms with Crippen LogP contribution in [-0.4, -0.2) is 17.7 Å². The third-order valence-corrected chi connectivity index (χ3v) is 3.09. The number of hydrogen-bond donors (Lipinski definition) is 2. The van der Waals surface area contributed by atoms with Crippen LogP contribution in [0.3, 0.4) is 0 Å². The monoisotopic (exact) mass is 245 g/mol. The van der Waals surface area contributed by atoms with Gasteiger partial charge in [-0.2, -0.15) is 4.39 Å². The molecule has 0 aliphatic carbocycles. The average Bonchev–Trinajstić information content (AvgIpc) is 2.35. The molecular weight excluding hydrogens is 231 g/mol. The lowest BCUT2D eigenvalue weighted by Crippen LogP contribution is -2.35. The van der Waals surface area contributed by atoms with Crippen LogP contribution in [0.2, 0.25) is 0 Å². The quantitative estimate of drug-likeness (QED) is 0.785. The van der Waals surface area contributed by atoms with Crippen LogP contribution in [0.4, 0.5) is 13.2 Å². The van der Waals surface area contributed by atoms with Crippen molar-refractivity contribution in [3.63, 3.8) is 0 Å². The normalized spacial score (nSPS) is 20.5. The van der Waals surface area contributed by atoms with E-state index in [0.717, 1.165) is 31.9 Å². The highest BCUT2D eigenvalue weighted by Crippen LogP contribution is 2.27. The molecule has 1 aromatic rings. The van der Waals surface area contributed by atoms with E-state index < -0.39 is 23.2 Å². The Kier molecular flexibility index (Phi) is 3.57. The van der Waals surface area contributed by atoms with Gasteiger partial charge in [-0.25, -0.2) is 8.78 Å². The molecule has 1 heterocycles. The van der Waals surface area contributed by atoms with Crippen LogP contribution in [0.5, 0.6) is 5.75 Å². The largest absolute Gasteiger partial charge is 0.505 e. The summed E-state index contributed by atoms with van der Waals surface area (Å²) < 4.78 is 39.0. The molecule has 0 amide bonds. The fourth-order valence-corrected chi connectivity index (χ4v) is 2.15. The number of aromatic hydroxyl groups is 1. The standard InChI is InChI=1S/C12H14F3NO/c13-9-6-7(12(17)11(15)10(9)14)5-8-3-1-2-4-16-8/h6,8,16-17H,1-5H2. The predicted octanol–water partition coefficient (Wildman–Crippen LogP) is 2.49. The van der Waals surface area contributed by atoms with Crippen molar-refractivity contribution < 1.29 is 18.3 Å². The molecule has 0 radical (unpaired) electrons. The van der Waals surface area contributed by atoms with E-state index in [9.17, 15) is 18.3 Å². The molecule has 1 saturated heterocycles. The number of nitrogens with one attached hydrogen (secondary N) is 1. The molecular formula is C12H14F3NO. The molecule has 0 bridgehead atoms. The molecule has 1 aromatic carbocycles. The summed E-state index contributed by atoms with van der Waals surface area (Å²) in [6.07, 6.45) is 3.32. The number of piperidine rings is 1. The molecule has 1 aliphatic rings. The molecule has 94 valence electrons. The van der Waals surface area contributed by atoms with Crippen LogP contribution in [-0.2, 0) is 6.42 Å². The minimum absolute atomic E-state index is 0.0823. The molecule has 1 aliphatic heterocycles. The Labute approximate surface area is 97.5 Å². The maximum Gasteiger partial charge on any atom is 0.203 e. The van der Waals surface area contributed by atoms with Crippen molar-refractivity contribution in [2.75, 3.05) is 6.54 Å². The van der Waals surface area contributed by atoms with Gasteiger partial charge >= 0.3 is 0 Å². The van der Waals surface area contributed by atoms with Crippen molar-refractivity contribution in [1.82, 2.24) is 5.32 Å². The summed E-state index contributed by atoms with van der Waals surface area (Å²) in [5, 5.41) is 12.6. The lowest BCUT2D eigenvalue weighted by atomic mass is 9.97. The van der Waals surface area contributed by atoms with Crippen molar-refractivity contribution in [2.45, 2.75) is 31.7 Å². The first-order valence-electron chi connectivity index (χ1n) is 5.68. The van der Waals surface area contributed by atoms with Gasteiger partial charge in [0.15, 0.2) is 17.4 Å². The third kappa shape index (κ3) is 2.54. The van der Waals surface area contributed by atoms with E-state index in [0.29, 0.717) is 6.42 Å². The highest BCUT2D eigenvalue weighted by molar-refractivity contribution is 5.35. The summed E-state index contributed by atoms with van der Waals surface area (Å²) in [5.74, 6) is -5.17. The predicted molar refractivity (Wildman–Crippen MR) is 57.3 cm³/mol. The summed E-state index contributed by atoms with van der Waals surface area (Å²) in [7, 11) is 0. The lowest BCUT2D eigenvalue weighted by molar-refractivity contribution is 0.365. The molecule has 2 nitrogen and oxygen atoms in total. The number of phenolic OH excluding ortho intramolecular Hbond substituents is 1. The van der Waals surface area contributed by atoms with E-state index in [1.165, 1.54) is 0 Å². The van der Waals surface area contributed by atoms with Crippen molar-refractivity contribution >= 4 is 0 Å². The number of phenols is 1. The fourth-order valence-electron chi connectivity index (χ4n) is 2.15. The molecule has 1 fully saturated rings. The Hall–Kier alpha value is -1.23. The summed E-state index contributed by atoms with van der Waals surface area (Å²) in [4.78, 5) is 0. The number of rotatable bonds is 2. The van der Waals surface area contributed by atoms with Crippen LogP contribution < -0.4 is 5.32 Å². The van der Waals surface area contributed by atoms with Gasteiger partial charge in [-0.1, -0.05) is 6.42 Å². The highest BCUT2D eigenvalue weighted by Gasteiger charge is 2.21. The van der Waals surface area contributed by atoms with E-state index in [-0.39, 0.29) is 11.6 Å². The zero-order valence-corrected chi connectivity index (χ0v) is 9.27. The minimum atomic E-state index is -1.62. The van der Waals surface area contributed by atoms with Crippen LogP contribution >= 0.6 is 0 Å². The van der Waals surface area contributed by atoms with Gasteiger partial charge in [-0.15, -0.1) is 0 Å². The van der Waals surface area contributed by atoms with Crippen LogP contribution in [0, 0.1) is 17.5 Å². The maximum absolute atomic E-state index is 13.1. The Balaban J connectivity index is 2.20.